The van der Waals surface area contributed by atoms with Gasteiger partial charge in [0.05, 0.1) is 0 Å². The lowest BCUT2D eigenvalue weighted by Crippen LogP contribution is -2.38. The molecule has 0 aromatic heterocycles. The van der Waals surface area contributed by atoms with Crippen LogP contribution in [-0.2, 0) is 14.4 Å². The van der Waals surface area contributed by atoms with Crippen molar-refractivity contribution in [3.63, 3.8) is 0 Å². The van der Waals surface area contributed by atoms with Crippen molar-refractivity contribution in [1.82, 2.24) is 10.2 Å². The Bertz CT molecular complexity index is 1030. The summed E-state index contributed by atoms with van der Waals surface area (Å²) >= 11 is 0. The van der Waals surface area contributed by atoms with Gasteiger partial charge in [0, 0.05) is 5.69 Å². The maximum absolute atomic E-state index is 12.5. The largest absolute Gasteiger partial charge is 0.482 e. The third-order valence-electron chi connectivity index (χ3n) is 4.12. The number of ether oxygens (including phenoxy) is 1. The van der Waals surface area contributed by atoms with Crippen LogP contribution in [0.25, 0.3) is 6.08 Å². The number of aliphatic carboxylic acids is 1. The van der Waals surface area contributed by atoms with Crippen LogP contribution in [0.3, 0.4) is 0 Å². The number of nitrogens with one attached hydrogen (secondary N) is 2. The molecule has 3 N–H and O–H groups in total. The highest BCUT2D eigenvalue weighted by molar-refractivity contribution is 6.15. The molecule has 0 atom stereocenters. The van der Waals surface area contributed by atoms with Gasteiger partial charge < -0.3 is 20.5 Å². The molecule has 0 saturated carbocycles. The Morgan fingerprint density at radius 1 is 1.17 bits per heavy atom. The zero-order valence-corrected chi connectivity index (χ0v) is 16.0. The lowest BCUT2D eigenvalue weighted by atomic mass is 10.2. The van der Waals surface area contributed by atoms with Crippen molar-refractivity contribution in [2.75, 3.05) is 18.5 Å². The minimum absolute atomic E-state index is 0.0301. The number of amides is 4. The van der Waals surface area contributed by atoms with E-state index in [1.807, 2.05) is 13.0 Å². The minimum atomic E-state index is -1.09. The molecule has 0 unspecified atom stereocenters. The van der Waals surface area contributed by atoms with Gasteiger partial charge in [-0.2, -0.15) is 0 Å². The van der Waals surface area contributed by atoms with Gasteiger partial charge in [0.25, 0.3) is 5.91 Å². The predicted molar refractivity (Wildman–Crippen MR) is 108 cm³/mol. The summed E-state index contributed by atoms with van der Waals surface area (Å²) in [4.78, 5) is 48.2. The molecular weight excluding hydrogens is 390 g/mol. The summed E-state index contributed by atoms with van der Waals surface area (Å²) in [5, 5.41) is 13.7. The standard InChI is InChI=1S/C21H19N3O6/c1-13-3-2-4-15(9-13)22-18(25)11-24-20(28)17(23-21(24)29)10-14-5-7-16(8-6-14)30-12-19(26)27/h2-10H,11-12H2,1H3,(H,22,25)(H,23,29)(H,26,27)/b17-10+. The number of carboxylic acids is 1. The SMILES string of the molecule is Cc1cccc(NC(=O)CN2C(=O)N/C(=C/c3ccc(OCC(=O)O)cc3)C2=O)c1. The van der Waals surface area contributed by atoms with Crippen molar-refractivity contribution >= 4 is 35.6 Å². The number of benzene rings is 2. The third kappa shape index (κ3) is 5.22. The molecule has 154 valence electrons. The second kappa shape index (κ2) is 8.91. The number of carbonyl (C=O) groups excluding carboxylic acids is 3. The first-order valence-electron chi connectivity index (χ1n) is 8.97. The second-order valence-corrected chi connectivity index (χ2v) is 6.55. The van der Waals surface area contributed by atoms with Gasteiger partial charge in [-0.3, -0.25) is 9.59 Å². The van der Waals surface area contributed by atoms with E-state index in [2.05, 4.69) is 10.6 Å². The molecule has 1 aliphatic rings. The van der Waals surface area contributed by atoms with Crippen molar-refractivity contribution in [3.8, 4) is 5.75 Å². The lowest BCUT2D eigenvalue weighted by Gasteiger charge is -2.12. The molecule has 0 radical (unpaired) electrons. The van der Waals surface area contributed by atoms with Crippen LogP contribution in [0, 0.1) is 6.92 Å². The maximum Gasteiger partial charge on any atom is 0.341 e. The van der Waals surface area contributed by atoms with Crippen LogP contribution < -0.4 is 15.4 Å². The Morgan fingerprint density at radius 2 is 1.90 bits per heavy atom. The Morgan fingerprint density at radius 3 is 2.57 bits per heavy atom. The average Bonchev–Trinajstić information content (AvgIpc) is 2.95. The topological polar surface area (TPSA) is 125 Å². The van der Waals surface area contributed by atoms with Gasteiger partial charge in [-0.05, 0) is 48.4 Å². The fraction of sp³-hybridized carbons (Fsp3) is 0.143. The number of hydrogen-bond acceptors (Lipinski definition) is 5. The highest BCUT2D eigenvalue weighted by Crippen LogP contribution is 2.17. The first-order valence-corrected chi connectivity index (χ1v) is 8.97. The molecule has 4 amide bonds. The first kappa shape index (κ1) is 20.6. The number of nitrogens with zero attached hydrogens (tertiary/aromatic N) is 1. The Hall–Kier alpha value is -4.14. The van der Waals surface area contributed by atoms with Gasteiger partial charge >= 0.3 is 12.0 Å². The molecule has 2 aromatic carbocycles. The quantitative estimate of drug-likeness (QED) is 0.474. The summed E-state index contributed by atoms with van der Waals surface area (Å²) < 4.78 is 5.04. The molecule has 1 fully saturated rings. The summed E-state index contributed by atoms with van der Waals surface area (Å²) in [6, 6.07) is 12.8. The molecular formula is C21H19N3O6. The molecule has 30 heavy (non-hydrogen) atoms. The fourth-order valence-corrected chi connectivity index (χ4v) is 2.75. The van der Waals surface area contributed by atoms with Crippen molar-refractivity contribution in [2.24, 2.45) is 0 Å². The van der Waals surface area contributed by atoms with Crippen LogP contribution >= 0.6 is 0 Å². The number of anilines is 1. The van der Waals surface area contributed by atoms with Crippen LogP contribution in [0.15, 0.2) is 54.2 Å². The van der Waals surface area contributed by atoms with E-state index < -0.39 is 37.0 Å². The lowest BCUT2D eigenvalue weighted by molar-refractivity contribution is -0.139. The molecule has 0 spiro atoms. The van der Waals surface area contributed by atoms with Crippen LogP contribution in [-0.4, -0.2) is 47.0 Å². The van der Waals surface area contributed by atoms with Gasteiger partial charge in [-0.1, -0.05) is 24.3 Å². The van der Waals surface area contributed by atoms with E-state index in [9.17, 15) is 19.2 Å². The summed E-state index contributed by atoms with van der Waals surface area (Å²) in [5.74, 6) is -1.85. The molecule has 9 nitrogen and oxygen atoms in total. The number of carboxylic acid groups (broad SMARTS) is 1. The van der Waals surface area contributed by atoms with Crippen LogP contribution in [0.1, 0.15) is 11.1 Å². The van der Waals surface area contributed by atoms with Crippen molar-refractivity contribution in [1.29, 1.82) is 0 Å². The smallest absolute Gasteiger partial charge is 0.341 e. The number of carbonyl (C=O) groups is 4. The Balaban J connectivity index is 1.63. The van der Waals surface area contributed by atoms with E-state index in [0.717, 1.165) is 10.5 Å². The zero-order valence-electron chi connectivity index (χ0n) is 16.0. The molecule has 3 rings (SSSR count). The van der Waals surface area contributed by atoms with Gasteiger partial charge in [-0.25, -0.2) is 14.5 Å². The number of aryl methyl sites for hydroxylation is 1. The van der Waals surface area contributed by atoms with Gasteiger partial charge in [0.2, 0.25) is 5.91 Å². The Kier molecular flexibility index (Phi) is 6.11. The Labute approximate surface area is 171 Å². The molecule has 1 saturated heterocycles. The van der Waals surface area contributed by atoms with E-state index in [4.69, 9.17) is 9.84 Å². The summed E-state index contributed by atoms with van der Waals surface area (Å²) in [6.07, 6.45) is 1.46. The van der Waals surface area contributed by atoms with Gasteiger partial charge in [-0.15, -0.1) is 0 Å². The zero-order chi connectivity index (χ0) is 21.7. The molecule has 0 aliphatic carbocycles. The molecule has 1 aliphatic heterocycles. The minimum Gasteiger partial charge on any atom is -0.482 e. The third-order valence-corrected chi connectivity index (χ3v) is 4.12. The van der Waals surface area contributed by atoms with E-state index in [1.54, 1.807) is 42.5 Å². The average molecular weight is 409 g/mol. The number of urea groups is 1. The maximum atomic E-state index is 12.5. The molecule has 9 heteroatoms. The van der Waals surface area contributed by atoms with Gasteiger partial charge in [0.15, 0.2) is 6.61 Å². The summed E-state index contributed by atoms with van der Waals surface area (Å²) in [5.41, 5.74) is 2.16. The summed E-state index contributed by atoms with van der Waals surface area (Å²) in [6.45, 7) is 1.00. The van der Waals surface area contributed by atoms with Crippen LogP contribution in [0.2, 0.25) is 0 Å². The number of imide groups is 1. The predicted octanol–water partition coefficient (Wildman–Crippen LogP) is 1.99. The highest BCUT2D eigenvalue weighted by atomic mass is 16.5. The molecule has 1 heterocycles. The van der Waals surface area contributed by atoms with Crippen molar-refractivity contribution < 1.29 is 29.0 Å². The van der Waals surface area contributed by atoms with Crippen molar-refractivity contribution in [3.05, 3.63) is 65.4 Å². The number of hydrogen-bond donors (Lipinski definition) is 3. The van der Waals surface area contributed by atoms with E-state index in [1.165, 1.54) is 6.08 Å². The second-order valence-electron chi connectivity index (χ2n) is 6.55. The van der Waals surface area contributed by atoms with E-state index >= 15 is 0 Å². The van der Waals surface area contributed by atoms with E-state index in [0.29, 0.717) is 17.0 Å². The fourth-order valence-electron chi connectivity index (χ4n) is 2.75. The van der Waals surface area contributed by atoms with Gasteiger partial charge in [0.1, 0.15) is 18.0 Å². The first-order chi connectivity index (χ1) is 14.3. The van der Waals surface area contributed by atoms with Crippen LogP contribution in [0.4, 0.5) is 10.5 Å². The molecule has 0 bridgehead atoms. The monoisotopic (exact) mass is 409 g/mol. The number of rotatable bonds is 7. The molecule has 2 aromatic rings. The highest BCUT2D eigenvalue weighted by Gasteiger charge is 2.34. The van der Waals surface area contributed by atoms with Crippen molar-refractivity contribution in [2.45, 2.75) is 6.92 Å². The van der Waals surface area contributed by atoms with E-state index in [-0.39, 0.29) is 5.70 Å². The normalized spacial score (nSPS) is 14.6. The summed E-state index contributed by atoms with van der Waals surface area (Å²) in [7, 11) is 0. The van der Waals surface area contributed by atoms with Crippen LogP contribution in [0.5, 0.6) is 5.75 Å².